The third-order valence-corrected chi connectivity index (χ3v) is 19.2. The number of hydrogen-bond donors (Lipinski definition) is 4. The molecule has 6 aliphatic heterocycles. The zero-order valence-electron chi connectivity index (χ0n) is 60.9. The minimum absolute atomic E-state index is 0.0634. The van der Waals surface area contributed by atoms with Crippen molar-refractivity contribution in [3.8, 4) is 5.75 Å². The molecule has 3 amide bonds. The fourth-order valence-corrected chi connectivity index (χ4v) is 14.8. The Bertz CT molecular complexity index is 2940. The van der Waals surface area contributed by atoms with Gasteiger partial charge in [-0.2, -0.15) is 4.99 Å². The zero-order valence-corrected chi connectivity index (χ0v) is 60.9. The molecule has 0 spiro atoms. The van der Waals surface area contributed by atoms with E-state index >= 15 is 0 Å². The van der Waals surface area contributed by atoms with Gasteiger partial charge in [0.15, 0.2) is 0 Å². The number of piperidine rings is 2. The van der Waals surface area contributed by atoms with Crippen LogP contribution in [0.5, 0.6) is 5.75 Å². The van der Waals surface area contributed by atoms with E-state index in [1.54, 1.807) is 23.1 Å². The predicted octanol–water partition coefficient (Wildman–Crippen LogP) is 16.9. The number of rotatable bonds is 19. The van der Waals surface area contributed by atoms with Crippen LogP contribution < -0.4 is 15.5 Å². The molecule has 0 bridgehead atoms. The molecular formula is C78H124FN7O8. The van der Waals surface area contributed by atoms with Crippen molar-refractivity contribution >= 4 is 58.0 Å². The number of β-amino-alcohol motifs (C(OH)–C–C–N with tert-alkyl or cyclic N) is 1. The van der Waals surface area contributed by atoms with E-state index in [1.165, 1.54) is 109 Å². The first-order chi connectivity index (χ1) is 45.3. The number of nitrogens with one attached hydrogen (secondary N) is 2. The number of anilines is 1. The molecule has 0 radical (unpaired) electrons. The van der Waals surface area contributed by atoms with Crippen LogP contribution in [0.25, 0.3) is 16.5 Å². The van der Waals surface area contributed by atoms with E-state index in [0.29, 0.717) is 42.9 Å². The number of likely N-dealkylation sites (tertiary alicyclic amines) is 1. The van der Waals surface area contributed by atoms with E-state index in [-0.39, 0.29) is 47.8 Å². The number of aldehydes is 1. The molecule has 10 rings (SSSR count). The van der Waals surface area contributed by atoms with Gasteiger partial charge in [0.05, 0.1) is 19.8 Å². The highest BCUT2D eigenvalue weighted by Gasteiger charge is 2.41. The van der Waals surface area contributed by atoms with Crippen LogP contribution in [0.2, 0.25) is 0 Å². The molecule has 0 aromatic heterocycles. The molecule has 3 aromatic carbocycles. The summed E-state index contributed by atoms with van der Waals surface area (Å²) in [5, 5.41) is 27.8. The smallest absolute Gasteiger partial charge is 0.314 e. The standard InChI is InChI=1S/C25H27FN4O3.C23H34N2O3.C14H28.C9H17NO.C3H8.C2H4O.C2H6/c1-3-17-20(26)7-6-14-9-16(32)10-18(23(14)17)21-11-22-19(12-27-21)24(29-25(28-22)33-2)30-8-4-5-15(31)13-30;1-5-8-17(9-6-2)18-11-12-19(16(4)15-18)25(22(27)10-7-3)20-13-14-21(26)24-23(20)28;1-5-8-14(10-13(4)11-14)9-7-12(3)6-2;1-11-7-9-5-4-8-3-2-6-10(8)9;1-3-2;1-2-3;1-2/h6-7,9-12,15,22,27,31-32H,3-5,8,13H2,1-2H3;11-12,15,17,20H,5-10,13-14H2,1-4H3,(H,24,26,28);12-13H,5-11H2,1-4H3;8-9H,2-7H2,1H3;3H2,1-2H3;2H,1H3;1-2H3. The number of ether oxygens (including phenoxy) is 2. The summed E-state index contributed by atoms with van der Waals surface area (Å²) in [6, 6.07) is 13.6. The van der Waals surface area contributed by atoms with Crippen molar-refractivity contribution in [3.63, 3.8) is 0 Å². The molecule has 15 nitrogen and oxygen atoms in total. The molecule has 5 fully saturated rings. The number of aliphatic hydroxyl groups excluding tert-OH is 1. The van der Waals surface area contributed by atoms with E-state index in [0.717, 1.165) is 133 Å². The lowest BCUT2D eigenvalue weighted by Crippen LogP contribution is -2.54. The number of fused-ring (bicyclic) bond motifs is 3. The van der Waals surface area contributed by atoms with Crippen LogP contribution in [-0.2, 0) is 35.1 Å². The number of nitrogens with zero attached hydrogens (tertiary/aromatic N) is 5. The molecule has 6 heterocycles. The Kier molecular flexibility index (Phi) is 35.8. The van der Waals surface area contributed by atoms with Crippen LogP contribution in [0, 0.1) is 30.0 Å². The van der Waals surface area contributed by atoms with E-state index in [9.17, 15) is 29.0 Å². The van der Waals surface area contributed by atoms with Gasteiger partial charge in [-0.15, -0.1) is 0 Å². The highest BCUT2D eigenvalue weighted by molar-refractivity contribution is 6.09. The van der Waals surface area contributed by atoms with Gasteiger partial charge in [-0.25, -0.2) is 9.38 Å². The van der Waals surface area contributed by atoms with Crippen molar-refractivity contribution in [1.29, 1.82) is 0 Å². The Balaban J connectivity index is 0.000000276. The molecule has 1 saturated carbocycles. The molecular weight excluding hydrogens is 1180 g/mol. The summed E-state index contributed by atoms with van der Waals surface area (Å²) in [6.07, 6.45) is 29.7. The largest absolute Gasteiger partial charge is 0.508 e. The lowest BCUT2D eigenvalue weighted by atomic mass is 9.58. The Hall–Kier alpha value is -5.97. The molecule has 16 heteroatoms. The summed E-state index contributed by atoms with van der Waals surface area (Å²) >= 11 is 0. The summed E-state index contributed by atoms with van der Waals surface area (Å²) in [5.41, 5.74) is 6.78. The van der Waals surface area contributed by atoms with Crippen LogP contribution in [0.1, 0.15) is 259 Å². The number of hydrogen-bond acceptors (Lipinski definition) is 13. The van der Waals surface area contributed by atoms with Crippen LogP contribution >= 0.6 is 0 Å². The summed E-state index contributed by atoms with van der Waals surface area (Å²) < 4.78 is 25.2. The first-order valence-electron chi connectivity index (χ1n) is 36.4. The minimum Gasteiger partial charge on any atom is -0.508 e. The topological polar surface area (TPSA) is 186 Å². The molecule has 6 unspecified atom stereocenters. The van der Waals surface area contributed by atoms with Crippen molar-refractivity contribution in [2.75, 3.05) is 45.4 Å². The Morgan fingerprint density at radius 1 is 0.894 bits per heavy atom. The maximum absolute atomic E-state index is 14.6. The lowest BCUT2D eigenvalue weighted by Gasteiger charge is -2.47. The van der Waals surface area contributed by atoms with Gasteiger partial charge in [-0.05, 0) is 198 Å². The summed E-state index contributed by atoms with van der Waals surface area (Å²) in [6.45, 7) is 33.0. The Morgan fingerprint density at radius 2 is 1.59 bits per heavy atom. The number of dihydropyridines is 1. The SMILES string of the molecule is CC.CC=O.CCC.CCCC(=O)N(c1ccc(C(CCC)CCC)cc1C)C1CCC(=O)NC1=O.CCCC1(CCC(C)CC)CC(C)C1.CCc1c(F)ccc2cc(O)cc(C3=CC4N=C(OC)N=C(N5CCCC(O)C5)C4=CN3)c12.COCC1CCC2CCCN21. The number of phenols is 1. The van der Waals surface area contributed by atoms with Gasteiger partial charge in [0.2, 0.25) is 17.7 Å². The van der Waals surface area contributed by atoms with Gasteiger partial charge in [-0.3, -0.25) is 29.5 Å². The molecule has 3 aromatic rings. The monoisotopic (exact) mass is 1310 g/mol. The van der Waals surface area contributed by atoms with Gasteiger partial charge < -0.3 is 34.7 Å². The van der Waals surface area contributed by atoms with Crippen molar-refractivity contribution in [1.82, 2.24) is 20.4 Å². The average molecular weight is 1310 g/mol. The fourth-order valence-electron chi connectivity index (χ4n) is 14.8. The number of aromatic hydroxyl groups is 1. The fraction of sp³-hybridized carbons (Fsp3) is 0.667. The van der Waals surface area contributed by atoms with E-state index < -0.39 is 12.1 Å². The molecule has 7 aliphatic rings. The second-order valence-electron chi connectivity index (χ2n) is 26.8. The number of amides is 3. The van der Waals surface area contributed by atoms with Crippen LogP contribution in [0.4, 0.5) is 10.1 Å². The molecule has 1 aliphatic carbocycles. The van der Waals surface area contributed by atoms with Gasteiger partial charge in [0.1, 0.15) is 35.8 Å². The third kappa shape index (κ3) is 22.8. The maximum Gasteiger partial charge on any atom is 0.314 e. The zero-order chi connectivity index (χ0) is 69.5. The van der Waals surface area contributed by atoms with Crippen molar-refractivity contribution in [2.24, 2.45) is 27.2 Å². The predicted molar refractivity (Wildman–Crippen MR) is 387 cm³/mol. The van der Waals surface area contributed by atoms with E-state index in [4.69, 9.17) is 14.3 Å². The highest BCUT2D eigenvalue weighted by Crippen LogP contribution is 2.52. The van der Waals surface area contributed by atoms with Gasteiger partial charge in [0.25, 0.3) is 0 Å². The number of carbonyl (C=O) groups is 4. The molecule has 526 valence electrons. The summed E-state index contributed by atoms with van der Waals surface area (Å²) in [7, 11) is 3.34. The normalized spacial score (nSPS) is 22.9. The highest BCUT2D eigenvalue weighted by atomic mass is 19.1. The Labute approximate surface area is 566 Å². The first kappa shape index (κ1) is 80.5. The van der Waals surface area contributed by atoms with Crippen LogP contribution in [-0.4, -0.2) is 127 Å². The number of methoxy groups -OCH3 is 2. The van der Waals surface area contributed by atoms with Crippen molar-refractivity contribution in [2.45, 2.75) is 281 Å². The van der Waals surface area contributed by atoms with E-state index in [2.05, 4.69) is 97.9 Å². The minimum atomic E-state index is -0.622. The molecule has 4 N–H and O–H groups in total. The number of carbonyl (C=O) groups excluding carboxylic acids is 4. The number of amidine groups is 2. The quantitative estimate of drug-likeness (QED) is 0.0661. The van der Waals surface area contributed by atoms with Gasteiger partial charge >= 0.3 is 6.02 Å². The number of phenolic OH excluding ortho intramolecular Hbond substituents is 1. The number of halogens is 1. The first-order valence-corrected chi connectivity index (χ1v) is 36.4. The number of aryl methyl sites for hydroxylation is 2. The van der Waals surface area contributed by atoms with Crippen LogP contribution in [0.3, 0.4) is 0 Å². The third-order valence-electron chi connectivity index (χ3n) is 19.2. The van der Waals surface area contributed by atoms with Gasteiger partial charge in [-0.1, -0.05) is 140 Å². The lowest BCUT2D eigenvalue weighted by molar-refractivity contribution is -0.135. The van der Waals surface area contributed by atoms with Crippen molar-refractivity contribution in [3.05, 3.63) is 88.4 Å². The molecule has 4 saturated heterocycles. The molecule has 94 heavy (non-hydrogen) atoms. The second kappa shape index (κ2) is 41.9. The number of imide groups is 1. The second-order valence-corrected chi connectivity index (χ2v) is 26.8. The maximum atomic E-state index is 14.6. The molecule has 6 atom stereocenters. The Morgan fingerprint density at radius 3 is 2.17 bits per heavy atom. The number of aliphatic hydroxyl groups is 1. The van der Waals surface area contributed by atoms with Gasteiger partial charge in [0, 0.05) is 73.8 Å². The number of benzene rings is 3. The average Bonchev–Trinajstić information content (AvgIpc) is 0.896. The summed E-state index contributed by atoms with van der Waals surface area (Å²) in [5.74, 6) is 2.35. The summed E-state index contributed by atoms with van der Waals surface area (Å²) in [4.78, 5) is 61.2. The number of aliphatic imine (C=N–C) groups is 2. The van der Waals surface area contributed by atoms with E-state index in [1.807, 2.05) is 60.1 Å². The van der Waals surface area contributed by atoms with Crippen molar-refractivity contribution < 1.29 is 43.3 Å². The van der Waals surface area contributed by atoms with Crippen LogP contribution in [0.15, 0.2) is 70.3 Å².